The van der Waals surface area contributed by atoms with Crippen molar-refractivity contribution in [1.82, 2.24) is 14.8 Å². The Kier molecular flexibility index (Phi) is 5.97. The Morgan fingerprint density at radius 1 is 1.61 bits per heavy atom. The molecule has 1 heterocycles. The predicted octanol–water partition coefficient (Wildman–Crippen LogP) is 0.746. The molecule has 0 saturated carbocycles. The van der Waals surface area contributed by atoms with E-state index in [0.717, 1.165) is 13.0 Å². The highest BCUT2D eigenvalue weighted by atomic mass is 32.2. The van der Waals surface area contributed by atoms with Gasteiger partial charge in [-0.25, -0.2) is 9.67 Å². The summed E-state index contributed by atoms with van der Waals surface area (Å²) in [6, 6.07) is 0. The van der Waals surface area contributed by atoms with Gasteiger partial charge >= 0.3 is 5.97 Å². The van der Waals surface area contributed by atoms with E-state index in [2.05, 4.69) is 14.8 Å². The van der Waals surface area contributed by atoms with Gasteiger partial charge in [0.15, 0.2) is 0 Å². The standard InChI is InChI=1S/C11H19N3O3S/c1-4-5-14-10(12-8-13-14)7-18(16)6-9(2)11(15)17-3/h8-9H,4-7H2,1-3H3. The largest absolute Gasteiger partial charge is 0.469 e. The van der Waals surface area contributed by atoms with Crippen LogP contribution in [0.2, 0.25) is 0 Å². The summed E-state index contributed by atoms with van der Waals surface area (Å²) in [5.74, 6) is 0.608. The van der Waals surface area contributed by atoms with E-state index < -0.39 is 10.8 Å². The summed E-state index contributed by atoms with van der Waals surface area (Å²) in [5.41, 5.74) is 0. The SMILES string of the molecule is CCCn1ncnc1CS(=O)CC(C)C(=O)OC. The van der Waals surface area contributed by atoms with Crippen LogP contribution in [0.5, 0.6) is 0 Å². The molecule has 1 rings (SSSR count). The second-order valence-electron chi connectivity index (χ2n) is 4.07. The van der Waals surface area contributed by atoms with Crippen LogP contribution in [-0.4, -0.2) is 37.8 Å². The van der Waals surface area contributed by atoms with E-state index in [1.807, 2.05) is 6.92 Å². The second kappa shape index (κ2) is 7.25. The number of nitrogens with zero attached hydrogens (tertiary/aromatic N) is 3. The Morgan fingerprint density at radius 2 is 2.33 bits per heavy atom. The maximum Gasteiger partial charge on any atom is 0.309 e. The van der Waals surface area contributed by atoms with Crippen LogP contribution in [0.15, 0.2) is 6.33 Å². The average Bonchev–Trinajstić information content (AvgIpc) is 2.75. The summed E-state index contributed by atoms with van der Waals surface area (Å²) >= 11 is 0. The van der Waals surface area contributed by atoms with E-state index in [1.54, 1.807) is 11.6 Å². The van der Waals surface area contributed by atoms with Gasteiger partial charge in [-0.2, -0.15) is 5.10 Å². The molecule has 102 valence electrons. The fraction of sp³-hybridized carbons (Fsp3) is 0.727. The summed E-state index contributed by atoms with van der Waals surface area (Å²) in [4.78, 5) is 15.3. The molecule has 2 unspecified atom stereocenters. The summed E-state index contributed by atoms with van der Waals surface area (Å²) in [7, 11) is 0.193. The molecule has 2 atom stereocenters. The van der Waals surface area contributed by atoms with Crippen molar-refractivity contribution in [3.63, 3.8) is 0 Å². The molecular formula is C11H19N3O3S. The molecule has 0 aromatic carbocycles. The lowest BCUT2D eigenvalue weighted by Gasteiger charge is -2.09. The summed E-state index contributed by atoms with van der Waals surface area (Å²) in [6.45, 7) is 4.52. The Hall–Kier alpha value is -1.24. The molecule has 7 heteroatoms. The zero-order valence-corrected chi connectivity index (χ0v) is 11.8. The van der Waals surface area contributed by atoms with Crippen LogP contribution in [0.1, 0.15) is 26.1 Å². The third-order valence-corrected chi connectivity index (χ3v) is 3.91. The number of aromatic nitrogens is 3. The molecule has 1 aromatic rings. The van der Waals surface area contributed by atoms with Crippen molar-refractivity contribution in [1.29, 1.82) is 0 Å². The van der Waals surface area contributed by atoms with Gasteiger partial charge in [-0.3, -0.25) is 9.00 Å². The van der Waals surface area contributed by atoms with Crippen molar-refractivity contribution >= 4 is 16.8 Å². The minimum absolute atomic E-state index is 0.283. The first-order valence-electron chi connectivity index (χ1n) is 5.88. The molecule has 0 saturated heterocycles. The first kappa shape index (κ1) is 14.8. The topological polar surface area (TPSA) is 74.1 Å². The monoisotopic (exact) mass is 273 g/mol. The number of hydrogen-bond acceptors (Lipinski definition) is 5. The van der Waals surface area contributed by atoms with E-state index in [9.17, 15) is 9.00 Å². The van der Waals surface area contributed by atoms with Gasteiger partial charge in [0.1, 0.15) is 12.2 Å². The van der Waals surface area contributed by atoms with E-state index in [-0.39, 0.29) is 17.6 Å². The maximum atomic E-state index is 11.9. The van der Waals surface area contributed by atoms with Crippen molar-refractivity contribution < 1.29 is 13.7 Å². The highest BCUT2D eigenvalue weighted by molar-refractivity contribution is 7.84. The lowest BCUT2D eigenvalue weighted by Crippen LogP contribution is -2.21. The lowest BCUT2D eigenvalue weighted by atomic mass is 10.2. The first-order chi connectivity index (χ1) is 8.58. The van der Waals surface area contributed by atoms with Crippen LogP contribution < -0.4 is 0 Å². The molecule has 0 bridgehead atoms. The van der Waals surface area contributed by atoms with Gasteiger partial charge in [0.05, 0.1) is 18.8 Å². The number of carbonyl (C=O) groups excluding carboxylic acids is 1. The molecule has 0 aliphatic carbocycles. The van der Waals surface area contributed by atoms with Crippen LogP contribution in [0.3, 0.4) is 0 Å². The molecule has 0 N–H and O–H groups in total. The number of aryl methyl sites for hydroxylation is 1. The number of esters is 1. The number of hydrogen-bond donors (Lipinski definition) is 0. The van der Waals surface area contributed by atoms with Crippen LogP contribution >= 0.6 is 0 Å². The number of methoxy groups -OCH3 is 1. The van der Waals surface area contributed by atoms with Gasteiger partial charge in [-0.15, -0.1) is 0 Å². The highest BCUT2D eigenvalue weighted by Gasteiger charge is 2.18. The maximum absolute atomic E-state index is 11.9. The third-order valence-electron chi connectivity index (χ3n) is 2.46. The minimum Gasteiger partial charge on any atom is -0.469 e. The van der Waals surface area contributed by atoms with E-state index in [0.29, 0.717) is 11.6 Å². The fourth-order valence-electron chi connectivity index (χ4n) is 1.55. The molecule has 0 spiro atoms. The van der Waals surface area contributed by atoms with Gasteiger partial charge in [-0.05, 0) is 6.42 Å². The number of rotatable bonds is 7. The van der Waals surface area contributed by atoms with Crippen molar-refractivity contribution in [2.24, 2.45) is 5.92 Å². The first-order valence-corrected chi connectivity index (χ1v) is 7.36. The Balaban J connectivity index is 2.54. The van der Waals surface area contributed by atoms with Crippen LogP contribution in [0.25, 0.3) is 0 Å². The molecule has 18 heavy (non-hydrogen) atoms. The summed E-state index contributed by atoms with van der Waals surface area (Å²) < 4.78 is 18.3. The normalized spacial score (nSPS) is 14.2. The summed E-state index contributed by atoms with van der Waals surface area (Å²) in [6.07, 6.45) is 2.41. The Bertz CT molecular complexity index is 419. The summed E-state index contributed by atoms with van der Waals surface area (Å²) in [5, 5.41) is 4.07. The van der Waals surface area contributed by atoms with Crippen LogP contribution in [0.4, 0.5) is 0 Å². The molecular weight excluding hydrogens is 254 g/mol. The minimum atomic E-state index is -1.14. The molecule has 0 amide bonds. The highest BCUT2D eigenvalue weighted by Crippen LogP contribution is 2.06. The van der Waals surface area contributed by atoms with Gasteiger partial charge in [0, 0.05) is 23.1 Å². The van der Waals surface area contributed by atoms with Gasteiger partial charge in [-0.1, -0.05) is 13.8 Å². The third kappa shape index (κ3) is 4.21. The Morgan fingerprint density at radius 3 is 2.94 bits per heavy atom. The number of carbonyl (C=O) groups is 1. The zero-order chi connectivity index (χ0) is 13.5. The average molecular weight is 273 g/mol. The van der Waals surface area contributed by atoms with E-state index >= 15 is 0 Å². The van der Waals surface area contributed by atoms with E-state index in [4.69, 9.17) is 0 Å². The van der Waals surface area contributed by atoms with Crippen molar-refractivity contribution in [3.8, 4) is 0 Å². The number of ether oxygens (including phenoxy) is 1. The van der Waals surface area contributed by atoms with Gasteiger partial charge in [0.2, 0.25) is 0 Å². The molecule has 0 aliphatic heterocycles. The van der Waals surface area contributed by atoms with Crippen molar-refractivity contribution in [3.05, 3.63) is 12.2 Å². The second-order valence-corrected chi connectivity index (χ2v) is 5.58. The Labute approximate surface area is 109 Å². The molecule has 0 aliphatic rings. The van der Waals surface area contributed by atoms with E-state index in [1.165, 1.54) is 13.4 Å². The van der Waals surface area contributed by atoms with Crippen molar-refractivity contribution in [2.45, 2.75) is 32.6 Å². The van der Waals surface area contributed by atoms with Gasteiger partial charge < -0.3 is 4.74 Å². The lowest BCUT2D eigenvalue weighted by molar-refractivity contribution is -0.144. The van der Waals surface area contributed by atoms with Gasteiger partial charge in [0.25, 0.3) is 0 Å². The predicted molar refractivity (Wildman–Crippen MR) is 68.2 cm³/mol. The molecule has 6 nitrogen and oxygen atoms in total. The van der Waals surface area contributed by atoms with Crippen molar-refractivity contribution in [2.75, 3.05) is 12.9 Å². The van der Waals surface area contributed by atoms with Crippen LogP contribution in [-0.2, 0) is 32.6 Å². The quantitative estimate of drug-likeness (QED) is 0.685. The molecule has 0 fully saturated rings. The fourth-order valence-corrected chi connectivity index (χ4v) is 2.87. The van der Waals surface area contributed by atoms with Crippen LogP contribution in [0, 0.1) is 5.92 Å². The molecule has 1 aromatic heterocycles. The molecule has 0 radical (unpaired) electrons. The zero-order valence-electron chi connectivity index (χ0n) is 11.0. The smallest absolute Gasteiger partial charge is 0.309 e.